The molecule has 2 atom stereocenters. The van der Waals surface area contributed by atoms with Crippen molar-refractivity contribution in [3.63, 3.8) is 0 Å². The fourth-order valence-electron chi connectivity index (χ4n) is 2.43. The Morgan fingerprint density at radius 3 is 2.43 bits per heavy atom. The van der Waals surface area contributed by atoms with E-state index in [9.17, 15) is 5.11 Å². The molecule has 1 aliphatic carbocycles. The van der Waals surface area contributed by atoms with Gasteiger partial charge in [0.2, 0.25) is 0 Å². The number of hydrogen-bond donors (Lipinski definition) is 1. The first kappa shape index (κ1) is 9.72. The molecule has 1 heteroatoms. The second kappa shape index (κ2) is 3.39. The maximum atomic E-state index is 10.5. The number of aliphatic hydroxyl groups is 1. The molecule has 1 aromatic rings. The molecule has 0 amide bonds. The number of rotatable bonds is 1. The molecule has 0 heterocycles. The summed E-state index contributed by atoms with van der Waals surface area (Å²) in [5.41, 5.74) is 1.78. The Hall–Kier alpha value is -0.820. The van der Waals surface area contributed by atoms with Crippen LogP contribution >= 0.6 is 0 Å². The highest BCUT2D eigenvalue weighted by Crippen LogP contribution is 2.43. The van der Waals surface area contributed by atoms with Crippen LogP contribution < -0.4 is 0 Å². The van der Waals surface area contributed by atoms with Crippen molar-refractivity contribution in [3.8, 4) is 0 Å². The van der Waals surface area contributed by atoms with E-state index in [2.05, 4.69) is 38.1 Å². The minimum Gasteiger partial charge on any atom is -0.385 e. The lowest BCUT2D eigenvalue weighted by Gasteiger charge is -2.28. The Morgan fingerprint density at radius 1 is 1.29 bits per heavy atom. The predicted octanol–water partition coefficient (Wildman–Crippen LogP) is 3.00. The van der Waals surface area contributed by atoms with E-state index in [0.717, 1.165) is 24.8 Å². The van der Waals surface area contributed by atoms with Crippen molar-refractivity contribution in [3.05, 3.63) is 35.4 Å². The van der Waals surface area contributed by atoms with Gasteiger partial charge in [-0.1, -0.05) is 36.8 Å². The molecule has 0 radical (unpaired) electrons. The molecule has 0 bridgehead atoms. The highest BCUT2D eigenvalue weighted by atomic mass is 16.3. The van der Waals surface area contributed by atoms with Gasteiger partial charge in [0.05, 0.1) is 5.60 Å². The zero-order valence-electron chi connectivity index (χ0n) is 8.96. The molecule has 1 saturated carbocycles. The molecule has 0 aliphatic heterocycles. The Labute approximate surface area is 85.8 Å². The molecule has 2 rings (SSSR count). The third kappa shape index (κ3) is 1.46. The summed E-state index contributed by atoms with van der Waals surface area (Å²) in [6.45, 7) is 4.22. The monoisotopic (exact) mass is 190 g/mol. The molecule has 76 valence electrons. The quantitative estimate of drug-likeness (QED) is 0.721. The van der Waals surface area contributed by atoms with Gasteiger partial charge in [0.15, 0.2) is 0 Å². The summed E-state index contributed by atoms with van der Waals surface area (Å²) in [6, 6.07) is 8.30. The van der Waals surface area contributed by atoms with E-state index in [1.54, 1.807) is 0 Å². The Kier molecular flexibility index (Phi) is 2.36. The summed E-state index contributed by atoms with van der Waals surface area (Å²) in [4.78, 5) is 0. The summed E-state index contributed by atoms with van der Waals surface area (Å²) in [6.07, 6.45) is 3.20. The molecule has 1 N–H and O–H groups in total. The Bertz CT molecular complexity index is 315. The SMILES string of the molecule is Cc1ccc(C2(O)CCCC2C)cc1. The zero-order chi connectivity index (χ0) is 10.2. The highest BCUT2D eigenvalue weighted by molar-refractivity contribution is 5.27. The molecule has 1 aliphatic rings. The van der Waals surface area contributed by atoms with Crippen LogP contribution in [0.15, 0.2) is 24.3 Å². The van der Waals surface area contributed by atoms with Gasteiger partial charge >= 0.3 is 0 Å². The van der Waals surface area contributed by atoms with Crippen molar-refractivity contribution >= 4 is 0 Å². The predicted molar refractivity (Wildman–Crippen MR) is 58.1 cm³/mol. The molecule has 2 unspecified atom stereocenters. The third-order valence-electron chi connectivity index (χ3n) is 3.56. The van der Waals surface area contributed by atoms with Crippen LogP contribution in [0.4, 0.5) is 0 Å². The standard InChI is InChI=1S/C13H18O/c1-10-5-7-12(8-6-10)13(14)9-3-4-11(13)2/h5-8,11,14H,3-4,9H2,1-2H3. The van der Waals surface area contributed by atoms with Crippen LogP contribution in [0.5, 0.6) is 0 Å². The summed E-state index contributed by atoms with van der Waals surface area (Å²) >= 11 is 0. The lowest BCUT2D eigenvalue weighted by molar-refractivity contribution is 0.00448. The van der Waals surface area contributed by atoms with E-state index in [-0.39, 0.29) is 0 Å². The van der Waals surface area contributed by atoms with Gasteiger partial charge in [-0.2, -0.15) is 0 Å². The van der Waals surface area contributed by atoms with Gasteiger partial charge < -0.3 is 5.11 Å². The minimum absolute atomic E-state index is 0.394. The highest BCUT2D eigenvalue weighted by Gasteiger charge is 2.39. The largest absolute Gasteiger partial charge is 0.385 e. The van der Waals surface area contributed by atoms with E-state index in [1.807, 2.05) is 0 Å². The van der Waals surface area contributed by atoms with Gasteiger partial charge in [0.1, 0.15) is 0 Å². The van der Waals surface area contributed by atoms with Crippen LogP contribution in [0.25, 0.3) is 0 Å². The van der Waals surface area contributed by atoms with E-state index >= 15 is 0 Å². The van der Waals surface area contributed by atoms with Crippen LogP contribution in [0, 0.1) is 12.8 Å². The molecular formula is C13H18O. The summed E-state index contributed by atoms with van der Waals surface area (Å²) < 4.78 is 0. The lowest BCUT2D eigenvalue weighted by Crippen LogP contribution is -2.28. The first-order valence-electron chi connectivity index (χ1n) is 5.42. The Morgan fingerprint density at radius 2 is 1.93 bits per heavy atom. The van der Waals surface area contributed by atoms with Gasteiger partial charge in [-0.3, -0.25) is 0 Å². The topological polar surface area (TPSA) is 20.2 Å². The van der Waals surface area contributed by atoms with Gasteiger partial charge in [-0.05, 0) is 37.7 Å². The second-order valence-electron chi connectivity index (χ2n) is 4.58. The van der Waals surface area contributed by atoms with Gasteiger partial charge in [0.25, 0.3) is 0 Å². The fraction of sp³-hybridized carbons (Fsp3) is 0.538. The lowest BCUT2D eigenvalue weighted by atomic mass is 9.85. The van der Waals surface area contributed by atoms with Gasteiger partial charge in [0, 0.05) is 0 Å². The average molecular weight is 190 g/mol. The molecule has 1 nitrogen and oxygen atoms in total. The van der Waals surface area contributed by atoms with Gasteiger partial charge in [-0.25, -0.2) is 0 Å². The summed E-state index contributed by atoms with van der Waals surface area (Å²) in [5.74, 6) is 0.394. The van der Waals surface area contributed by atoms with Crippen LogP contribution in [-0.4, -0.2) is 5.11 Å². The maximum absolute atomic E-state index is 10.5. The normalized spacial score (nSPS) is 32.1. The first-order valence-corrected chi connectivity index (χ1v) is 5.42. The van der Waals surface area contributed by atoms with E-state index in [0.29, 0.717) is 5.92 Å². The summed E-state index contributed by atoms with van der Waals surface area (Å²) in [5, 5.41) is 10.5. The second-order valence-corrected chi connectivity index (χ2v) is 4.58. The molecule has 0 aromatic heterocycles. The van der Waals surface area contributed by atoms with E-state index < -0.39 is 5.60 Å². The van der Waals surface area contributed by atoms with Crippen molar-refractivity contribution in [2.75, 3.05) is 0 Å². The van der Waals surface area contributed by atoms with Crippen molar-refractivity contribution in [1.82, 2.24) is 0 Å². The number of benzene rings is 1. The fourth-order valence-corrected chi connectivity index (χ4v) is 2.43. The molecule has 1 aromatic carbocycles. The number of hydrogen-bond acceptors (Lipinski definition) is 1. The van der Waals surface area contributed by atoms with Crippen LogP contribution in [0.3, 0.4) is 0 Å². The van der Waals surface area contributed by atoms with Crippen LogP contribution in [0.1, 0.15) is 37.3 Å². The molecule has 0 spiro atoms. The molecule has 14 heavy (non-hydrogen) atoms. The van der Waals surface area contributed by atoms with Crippen molar-refractivity contribution in [2.45, 2.75) is 38.7 Å². The van der Waals surface area contributed by atoms with Crippen molar-refractivity contribution in [1.29, 1.82) is 0 Å². The van der Waals surface area contributed by atoms with E-state index in [1.165, 1.54) is 5.56 Å². The molecular weight excluding hydrogens is 172 g/mol. The molecule has 0 saturated heterocycles. The first-order chi connectivity index (χ1) is 6.63. The number of aryl methyl sites for hydroxylation is 1. The summed E-state index contributed by atoms with van der Waals surface area (Å²) in [7, 11) is 0. The minimum atomic E-state index is -0.562. The van der Waals surface area contributed by atoms with E-state index in [4.69, 9.17) is 0 Å². The van der Waals surface area contributed by atoms with Gasteiger partial charge in [-0.15, -0.1) is 0 Å². The van der Waals surface area contributed by atoms with Crippen molar-refractivity contribution in [2.24, 2.45) is 5.92 Å². The van der Waals surface area contributed by atoms with Crippen LogP contribution in [-0.2, 0) is 5.60 Å². The zero-order valence-corrected chi connectivity index (χ0v) is 8.96. The van der Waals surface area contributed by atoms with Crippen LogP contribution in [0.2, 0.25) is 0 Å². The smallest absolute Gasteiger partial charge is 0.0921 e. The molecule has 1 fully saturated rings. The third-order valence-corrected chi connectivity index (χ3v) is 3.56. The van der Waals surface area contributed by atoms with Crippen molar-refractivity contribution < 1.29 is 5.11 Å². The average Bonchev–Trinajstić information content (AvgIpc) is 2.49. The Balaban J connectivity index is 2.34. The maximum Gasteiger partial charge on any atom is 0.0921 e.